The van der Waals surface area contributed by atoms with E-state index in [1.165, 1.54) is 4.90 Å². The third kappa shape index (κ3) is 8.15. The number of amides is 4. The van der Waals surface area contributed by atoms with Crippen LogP contribution in [0.4, 0.5) is 0 Å². The number of likely N-dealkylation sites (tertiary alicyclic amines) is 1. The maximum absolute atomic E-state index is 12.8. The van der Waals surface area contributed by atoms with Gasteiger partial charge in [-0.1, -0.05) is 0 Å². The van der Waals surface area contributed by atoms with Crippen molar-refractivity contribution in [3.63, 3.8) is 0 Å². The number of nitrogens with one attached hydrogen (secondary N) is 2. The molecule has 1 aliphatic heterocycles. The minimum absolute atomic E-state index is 0.0793. The van der Waals surface area contributed by atoms with E-state index in [2.05, 4.69) is 28.3 Å². The molecule has 12 nitrogen and oxygen atoms in total. The fourth-order valence-corrected chi connectivity index (χ4v) is 3.09. The molecule has 0 bridgehead atoms. The summed E-state index contributed by atoms with van der Waals surface area (Å²) in [7, 11) is 0. The Balaban J connectivity index is 2.79. The van der Waals surface area contributed by atoms with E-state index < -0.39 is 35.8 Å². The van der Waals surface area contributed by atoms with Crippen molar-refractivity contribution < 1.29 is 19.2 Å². The average molecular weight is 431 g/mol. The van der Waals surface area contributed by atoms with Crippen LogP contribution in [0.1, 0.15) is 25.7 Å². The molecule has 1 rings (SSSR count). The second-order valence-corrected chi connectivity index (χ2v) is 7.04. The number of aliphatic imine (C=N–C) groups is 1. The summed E-state index contributed by atoms with van der Waals surface area (Å²) in [5.41, 5.74) is 21.3. The molecule has 0 saturated carbocycles. The molecule has 13 heteroatoms. The molecule has 0 aliphatic carbocycles. The summed E-state index contributed by atoms with van der Waals surface area (Å²) < 4.78 is 0. The Kier molecular flexibility index (Phi) is 10.2. The van der Waals surface area contributed by atoms with E-state index in [0.29, 0.717) is 25.8 Å². The van der Waals surface area contributed by atoms with Gasteiger partial charge in [0.05, 0.1) is 12.6 Å². The van der Waals surface area contributed by atoms with E-state index >= 15 is 0 Å². The van der Waals surface area contributed by atoms with E-state index in [9.17, 15) is 19.2 Å². The Morgan fingerprint density at radius 3 is 2.48 bits per heavy atom. The van der Waals surface area contributed by atoms with Crippen molar-refractivity contribution in [2.75, 3.05) is 25.4 Å². The third-order valence-corrected chi connectivity index (χ3v) is 4.76. The van der Waals surface area contributed by atoms with Crippen LogP contribution in [-0.4, -0.2) is 78.0 Å². The normalized spacial score (nSPS) is 17.9. The van der Waals surface area contributed by atoms with Crippen LogP contribution in [0, 0.1) is 0 Å². The first-order valence-electron chi connectivity index (χ1n) is 9.26. The summed E-state index contributed by atoms with van der Waals surface area (Å²) in [4.78, 5) is 53.7. The van der Waals surface area contributed by atoms with Gasteiger partial charge in [-0.15, -0.1) is 0 Å². The van der Waals surface area contributed by atoms with Gasteiger partial charge in [-0.2, -0.15) is 12.6 Å². The number of nitrogens with zero attached hydrogens (tertiary/aromatic N) is 2. The van der Waals surface area contributed by atoms with Crippen molar-refractivity contribution in [2.24, 2.45) is 27.9 Å². The predicted molar refractivity (Wildman–Crippen MR) is 111 cm³/mol. The summed E-state index contributed by atoms with van der Waals surface area (Å²) in [5.74, 6) is -2.03. The van der Waals surface area contributed by atoms with Gasteiger partial charge in [0, 0.05) is 18.8 Å². The molecule has 0 aromatic heterocycles. The molecular weight excluding hydrogens is 400 g/mol. The average Bonchev–Trinajstić information content (AvgIpc) is 3.16. The van der Waals surface area contributed by atoms with Gasteiger partial charge in [-0.25, -0.2) is 0 Å². The molecule has 29 heavy (non-hydrogen) atoms. The van der Waals surface area contributed by atoms with Gasteiger partial charge in [0.2, 0.25) is 23.6 Å². The molecule has 1 saturated heterocycles. The van der Waals surface area contributed by atoms with Crippen LogP contribution < -0.4 is 33.6 Å². The Morgan fingerprint density at radius 1 is 1.21 bits per heavy atom. The highest BCUT2D eigenvalue weighted by atomic mass is 32.1. The van der Waals surface area contributed by atoms with Crippen molar-refractivity contribution >= 4 is 42.2 Å². The van der Waals surface area contributed by atoms with Crippen molar-refractivity contribution in [1.29, 1.82) is 0 Å². The fraction of sp³-hybridized carbons (Fsp3) is 0.688. The summed E-state index contributed by atoms with van der Waals surface area (Å²) in [6.45, 7) is 0.314. The zero-order chi connectivity index (χ0) is 22.0. The molecule has 0 spiro atoms. The van der Waals surface area contributed by atoms with Crippen LogP contribution in [0.2, 0.25) is 0 Å². The lowest BCUT2D eigenvalue weighted by atomic mass is 10.1. The summed E-state index contributed by atoms with van der Waals surface area (Å²) in [6.07, 6.45) is 1.74. The smallest absolute Gasteiger partial charge is 0.243 e. The Hall–Kier alpha value is -2.54. The lowest BCUT2D eigenvalue weighted by Gasteiger charge is -2.28. The van der Waals surface area contributed by atoms with Gasteiger partial charge in [-0.05, 0) is 25.7 Å². The van der Waals surface area contributed by atoms with Gasteiger partial charge >= 0.3 is 0 Å². The number of hydrogen-bond donors (Lipinski definition) is 7. The standard InChI is InChI=1S/C16H30N8O4S/c17-9(8-29)15(28)24-6-2-4-11(24)14(27)23-10(3-1-5-21-16(19)20)13(26)22-7-12(18)25/h9-11,29H,1-8,17H2,(H2,18,25)(H,22,26)(H,23,27)(H4,19,20,21)/t9-,10-,11-/m0/s1. The van der Waals surface area contributed by atoms with Crippen LogP contribution in [0.3, 0.4) is 0 Å². The Labute approximate surface area is 174 Å². The first kappa shape index (κ1) is 24.5. The molecular formula is C16H30N8O4S. The molecule has 0 radical (unpaired) electrons. The Morgan fingerprint density at radius 2 is 1.90 bits per heavy atom. The maximum atomic E-state index is 12.8. The zero-order valence-electron chi connectivity index (χ0n) is 16.2. The number of nitrogens with two attached hydrogens (primary N) is 4. The quantitative estimate of drug-likeness (QED) is 0.0755. The molecule has 3 atom stereocenters. The molecule has 1 aliphatic rings. The van der Waals surface area contributed by atoms with Gasteiger partial charge in [0.1, 0.15) is 12.1 Å². The first-order valence-corrected chi connectivity index (χ1v) is 9.89. The van der Waals surface area contributed by atoms with Crippen LogP contribution in [0.25, 0.3) is 0 Å². The lowest BCUT2D eigenvalue weighted by molar-refractivity contribution is -0.140. The van der Waals surface area contributed by atoms with Crippen LogP contribution in [0.15, 0.2) is 4.99 Å². The van der Waals surface area contributed by atoms with Crippen molar-refractivity contribution in [3.05, 3.63) is 0 Å². The van der Waals surface area contributed by atoms with Gasteiger partial charge in [0.15, 0.2) is 5.96 Å². The SMILES string of the molecule is NC(=O)CNC(=O)[C@H](CCCN=C(N)N)NC(=O)[C@@H]1CCCN1C(=O)[C@@H](N)CS. The molecule has 10 N–H and O–H groups in total. The second kappa shape index (κ2) is 12.1. The monoisotopic (exact) mass is 430 g/mol. The molecule has 4 amide bonds. The minimum Gasteiger partial charge on any atom is -0.370 e. The van der Waals surface area contributed by atoms with Crippen LogP contribution in [-0.2, 0) is 19.2 Å². The molecule has 1 fully saturated rings. The minimum atomic E-state index is -0.938. The summed E-state index contributed by atoms with van der Waals surface area (Å²) in [5, 5.41) is 5.01. The number of carbonyl (C=O) groups excluding carboxylic acids is 4. The van der Waals surface area contributed by atoms with E-state index in [-0.39, 0.29) is 37.1 Å². The maximum Gasteiger partial charge on any atom is 0.243 e. The number of rotatable bonds is 11. The Bertz CT molecular complexity index is 640. The molecule has 0 unspecified atom stereocenters. The van der Waals surface area contributed by atoms with E-state index in [4.69, 9.17) is 22.9 Å². The number of carbonyl (C=O) groups is 4. The second-order valence-electron chi connectivity index (χ2n) is 6.67. The largest absolute Gasteiger partial charge is 0.370 e. The van der Waals surface area contributed by atoms with Crippen LogP contribution >= 0.6 is 12.6 Å². The number of thiol groups is 1. The third-order valence-electron chi connectivity index (χ3n) is 4.37. The van der Waals surface area contributed by atoms with E-state index in [1.54, 1.807) is 0 Å². The molecule has 164 valence electrons. The lowest BCUT2D eigenvalue weighted by Crippen LogP contribution is -2.55. The molecule has 0 aromatic rings. The molecule has 0 aromatic carbocycles. The highest BCUT2D eigenvalue weighted by Crippen LogP contribution is 2.19. The van der Waals surface area contributed by atoms with E-state index in [1.807, 2.05) is 0 Å². The summed E-state index contributed by atoms with van der Waals surface area (Å²) >= 11 is 4.02. The number of primary amides is 1. The summed E-state index contributed by atoms with van der Waals surface area (Å²) in [6, 6.07) is -2.47. The highest BCUT2D eigenvalue weighted by molar-refractivity contribution is 7.80. The fourth-order valence-electron chi connectivity index (χ4n) is 2.93. The van der Waals surface area contributed by atoms with Gasteiger partial charge in [-0.3, -0.25) is 24.2 Å². The molecule has 1 heterocycles. The first-order chi connectivity index (χ1) is 13.7. The van der Waals surface area contributed by atoms with Gasteiger partial charge in [0.25, 0.3) is 0 Å². The van der Waals surface area contributed by atoms with Crippen molar-refractivity contribution in [1.82, 2.24) is 15.5 Å². The van der Waals surface area contributed by atoms with Crippen LogP contribution in [0.5, 0.6) is 0 Å². The number of hydrogen-bond acceptors (Lipinski definition) is 7. The van der Waals surface area contributed by atoms with Crippen molar-refractivity contribution in [2.45, 2.75) is 43.8 Å². The topological polar surface area (TPSA) is 212 Å². The van der Waals surface area contributed by atoms with E-state index in [0.717, 1.165) is 0 Å². The van der Waals surface area contributed by atoms with Gasteiger partial charge < -0.3 is 38.5 Å². The zero-order valence-corrected chi connectivity index (χ0v) is 17.1. The number of guanidine groups is 1. The highest BCUT2D eigenvalue weighted by Gasteiger charge is 2.37. The predicted octanol–water partition coefficient (Wildman–Crippen LogP) is -3.63. The van der Waals surface area contributed by atoms with Crippen molar-refractivity contribution in [3.8, 4) is 0 Å².